The van der Waals surface area contributed by atoms with Gasteiger partial charge in [0.25, 0.3) is 0 Å². The Morgan fingerprint density at radius 2 is 1.63 bits per heavy atom. The molecule has 0 radical (unpaired) electrons. The number of aromatic amines is 1. The number of amides is 2. The van der Waals surface area contributed by atoms with Gasteiger partial charge in [-0.1, -0.05) is 50.2 Å². The molecule has 0 unspecified atom stereocenters. The van der Waals surface area contributed by atoms with Crippen molar-refractivity contribution in [3.63, 3.8) is 0 Å². The Morgan fingerprint density at radius 1 is 0.959 bits per heavy atom. The van der Waals surface area contributed by atoms with E-state index in [1.807, 2.05) is 37.4 Å². The lowest BCUT2D eigenvalue weighted by molar-refractivity contribution is -0.150. The summed E-state index contributed by atoms with van der Waals surface area (Å²) in [6, 6.07) is 22.8. The molecule has 1 saturated carbocycles. The number of anilines is 2. The van der Waals surface area contributed by atoms with Crippen LogP contribution in [0.4, 0.5) is 15.8 Å². The summed E-state index contributed by atoms with van der Waals surface area (Å²) in [6.45, 7) is 11.0. The fourth-order valence-electron chi connectivity index (χ4n) is 8.40. The fraction of sp³-hybridized carbons (Fsp3) is 0.450. The molecule has 9 heteroatoms. The number of morpholine rings is 1. The molecule has 3 aromatic carbocycles. The molecule has 2 aliphatic heterocycles. The Morgan fingerprint density at radius 3 is 2.35 bits per heavy atom. The van der Waals surface area contributed by atoms with Crippen LogP contribution in [0.2, 0.25) is 0 Å². The lowest BCUT2D eigenvalue weighted by Gasteiger charge is -2.47. The maximum Gasteiger partial charge on any atom is 0.250 e. The summed E-state index contributed by atoms with van der Waals surface area (Å²) >= 11 is 0. The van der Waals surface area contributed by atoms with E-state index in [0.29, 0.717) is 50.4 Å². The number of aromatic nitrogens is 1. The van der Waals surface area contributed by atoms with Gasteiger partial charge in [-0.05, 0) is 86.0 Å². The van der Waals surface area contributed by atoms with E-state index in [1.165, 1.54) is 17.0 Å². The number of nitrogens with one attached hydrogen (secondary N) is 2. The third kappa shape index (κ3) is 6.34. The summed E-state index contributed by atoms with van der Waals surface area (Å²) in [5.41, 5.74) is 4.42. The molecular formula is C40H48FN5O3. The van der Waals surface area contributed by atoms with E-state index in [-0.39, 0.29) is 47.8 Å². The van der Waals surface area contributed by atoms with E-state index in [2.05, 4.69) is 59.1 Å². The van der Waals surface area contributed by atoms with Gasteiger partial charge in [-0.3, -0.25) is 9.59 Å². The Kier molecular flexibility index (Phi) is 9.00. The summed E-state index contributed by atoms with van der Waals surface area (Å²) in [7, 11) is 2.04. The molecule has 3 aliphatic rings. The lowest BCUT2D eigenvalue weighted by Crippen LogP contribution is -2.63. The number of para-hydroxylation sites is 1. The highest BCUT2D eigenvalue weighted by molar-refractivity contribution is 6.01. The molecule has 8 nitrogen and oxygen atoms in total. The molecule has 2 N–H and O–H groups in total. The maximum atomic E-state index is 15.3. The van der Waals surface area contributed by atoms with Gasteiger partial charge in [0, 0.05) is 72.7 Å². The number of halogens is 1. The molecule has 4 aromatic rings. The average Bonchev–Trinajstić information content (AvgIpc) is 3.45. The van der Waals surface area contributed by atoms with Crippen LogP contribution in [0.5, 0.6) is 0 Å². The monoisotopic (exact) mass is 665 g/mol. The summed E-state index contributed by atoms with van der Waals surface area (Å²) in [4.78, 5) is 39.2. The van der Waals surface area contributed by atoms with Crippen molar-refractivity contribution in [3.8, 4) is 0 Å². The van der Waals surface area contributed by atoms with Gasteiger partial charge in [0.05, 0.1) is 13.2 Å². The fourth-order valence-corrected chi connectivity index (χ4v) is 8.40. The second kappa shape index (κ2) is 13.2. The molecule has 258 valence electrons. The van der Waals surface area contributed by atoms with Crippen molar-refractivity contribution in [1.29, 1.82) is 0 Å². The zero-order valence-electron chi connectivity index (χ0n) is 29.1. The predicted octanol–water partition coefficient (Wildman–Crippen LogP) is 6.71. The smallest absolute Gasteiger partial charge is 0.250 e. The highest BCUT2D eigenvalue weighted by Gasteiger charge is 2.60. The van der Waals surface area contributed by atoms with E-state index in [9.17, 15) is 9.59 Å². The van der Waals surface area contributed by atoms with Crippen LogP contribution >= 0.6 is 0 Å². The van der Waals surface area contributed by atoms with Crippen LogP contribution in [0, 0.1) is 24.1 Å². The maximum absolute atomic E-state index is 15.3. The van der Waals surface area contributed by atoms with Crippen LogP contribution in [-0.4, -0.2) is 78.6 Å². The van der Waals surface area contributed by atoms with Crippen molar-refractivity contribution in [2.75, 3.05) is 56.7 Å². The number of ether oxygens (including phenoxy) is 1. The Bertz CT molecular complexity index is 1820. The normalized spacial score (nSPS) is 21.8. The minimum absolute atomic E-state index is 0.0303. The Labute approximate surface area is 288 Å². The van der Waals surface area contributed by atoms with Crippen molar-refractivity contribution in [2.24, 2.45) is 11.3 Å². The molecule has 3 fully saturated rings. The van der Waals surface area contributed by atoms with E-state index < -0.39 is 5.54 Å². The van der Waals surface area contributed by atoms with Gasteiger partial charge in [0.2, 0.25) is 11.8 Å². The van der Waals surface area contributed by atoms with E-state index >= 15 is 4.39 Å². The quantitative estimate of drug-likeness (QED) is 0.208. The molecule has 49 heavy (non-hydrogen) atoms. The largest absolute Gasteiger partial charge is 0.378 e. The van der Waals surface area contributed by atoms with E-state index in [0.717, 1.165) is 30.0 Å². The number of aryl methyl sites for hydroxylation is 1. The van der Waals surface area contributed by atoms with Crippen molar-refractivity contribution < 1.29 is 18.7 Å². The molecule has 3 heterocycles. The van der Waals surface area contributed by atoms with Crippen LogP contribution in [-0.2, 0) is 20.9 Å². The number of benzene rings is 3. The average molecular weight is 666 g/mol. The second-order valence-corrected chi connectivity index (χ2v) is 14.8. The highest BCUT2D eigenvalue weighted by atomic mass is 19.1. The molecule has 2 amide bonds. The van der Waals surface area contributed by atoms with Crippen LogP contribution < -0.4 is 10.2 Å². The molecule has 7 rings (SSSR count). The number of hydrogen-bond acceptors (Lipinski definition) is 5. The minimum atomic E-state index is -1.14. The molecule has 0 bridgehead atoms. The first-order valence-corrected chi connectivity index (χ1v) is 17.6. The van der Waals surface area contributed by atoms with Gasteiger partial charge in [-0.25, -0.2) is 4.39 Å². The van der Waals surface area contributed by atoms with Gasteiger partial charge in [0.15, 0.2) is 0 Å². The third-order valence-corrected chi connectivity index (χ3v) is 11.5. The van der Waals surface area contributed by atoms with Gasteiger partial charge in [-0.15, -0.1) is 0 Å². The van der Waals surface area contributed by atoms with Crippen LogP contribution in [0.1, 0.15) is 55.8 Å². The molecule has 1 aromatic heterocycles. The first-order valence-electron chi connectivity index (χ1n) is 17.6. The summed E-state index contributed by atoms with van der Waals surface area (Å²) in [6.07, 6.45) is 1.20. The summed E-state index contributed by atoms with van der Waals surface area (Å²) in [5.74, 6) is -0.427. The van der Waals surface area contributed by atoms with Crippen LogP contribution in [0.15, 0.2) is 72.8 Å². The second-order valence-electron chi connectivity index (χ2n) is 14.8. The van der Waals surface area contributed by atoms with Gasteiger partial charge in [0.1, 0.15) is 11.4 Å². The number of carbonyl (C=O) groups is 2. The van der Waals surface area contributed by atoms with Crippen molar-refractivity contribution in [1.82, 2.24) is 14.8 Å². The summed E-state index contributed by atoms with van der Waals surface area (Å²) in [5, 5.41) is 4.38. The molecule has 1 aliphatic carbocycles. The van der Waals surface area contributed by atoms with Crippen molar-refractivity contribution in [3.05, 3.63) is 95.4 Å². The molecule has 0 spiro atoms. The third-order valence-electron chi connectivity index (χ3n) is 11.5. The number of likely N-dealkylation sites (tertiary alicyclic amines) is 1. The lowest BCUT2D eigenvalue weighted by atomic mass is 9.83. The predicted molar refractivity (Wildman–Crippen MR) is 192 cm³/mol. The SMILES string of the molecule is Cc1[nH]c2ccccc2c1[C@@H]1[C@H](CC(=O)N(Cc2ccccc2F)C2(C(=O)Nc3ccc(N4CCOCC4)cc3)CCN(C)CC2)C1(C)C. The minimum Gasteiger partial charge on any atom is -0.378 e. The van der Waals surface area contributed by atoms with Gasteiger partial charge in [-0.2, -0.15) is 0 Å². The number of H-pyrrole nitrogens is 1. The number of rotatable bonds is 9. The summed E-state index contributed by atoms with van der Waals surface area (Å²) < 4.78 is 20.8. The van der Waals surface area contributed by atoms with Crippen molar-refractivity contribution >= 4 is 34.1 Å². The zero-order chi connectivity index (χ0) is 34.3. The van der Waals surface area contributed by atoms with Crippen molar-refractivity contribution in [2.45, 2.75) is 58.0 Å². The molecular weight excluding hydrogens is 617 g/mol. The first-order chi connectivity index (χ1) is 23.6. The van der Waals surface area contributed by atoms with Gasteiger partial charge >= 0.3 is 0 Å². The van der Waals surface area contributed by atoms with Crippen LogP contribution in [0.3, 0.4) is 0 Å². The van der Waals surface area contributed by atoms with E-state index in [4.69, 9.17) is 4.74 Å². The number of carbonyl (C=O) groups excluding carboxylic acids is 2. The topological polar surface area (TPSA) is 80.9 Å². The van der Waals surface area contributed by atoms with E-state index in [1.54, 1.807) is 23.1 Å². The number of hydrogen-bond donors (Lipinski definition) is 2. The highest BCUT2D eigenvalue weighted by Crippen LogP contribution is 2.67. The molecule has 2 saturated heterocycles. The number of nitrogens with zero attached hydrogens (tertiary/aromatic N) is 3. The Balaban J connectivity index is 1.19. The Hall–Kier alpha value is -4.21. The van der Waals surface area contributed by atoms with Gasteiger partial charge < -0.3 is 29.7 Å². The number of piperidine rings is 1. The first kappa shape index (κ1) is 33.3. The van der Waals surface area contributed by atoms with Crippen LogP contribution in [0.25, 0.3) is 10.9 Å². The molecule has 2 atom stereocenters. The zero-order valence-corrected chi connectivity index (χ0v) is 29.1. The standard InChI is InChI=1S/C40H48FN5O3/c1-27-36(31-10-6-8-12-34(31)42-27)37-32(39(37,2)3)25-35(47)46(26-28-9-5-7-11-33(28)41)40(17-19-44(4)20-18-40)38(48)43-29-13-15-30(16-14-29)45-21-23-49-24-22-45/h5-16,32,37,42H,17-26H2,1-4H3,(H,43,48)/t32-,37-/m0/s1. The number of fused-ring (bicyclic) bond motifs is 1.